The molecule has 0 spiro atoms. The van der Waals surface area contributed by atoms with Crippen molar-refractivity contribution in [3.63, 3.8) is 0 Å². The van der Waals surface area contributed by atoms with E-state index in [0.29, 0.717) is 18.7 Å². The van der Waals surface area contributed by atoms with Gasteiger partial charge in [0.25, 0.3) is 0 Å². The smallest absolute Gasteiger partial charge is 0.207 e. The van der Waals surface area contributed by atoms with Crippen molar-refractivity contribution in [1.29, 1.82) is 0 Å². The molecule has 4 nitrogen and oxygen atoms in total. The van der Waals surface area contributed by atoms with E-state index in [2.05, 4.69) is 4.40 Å². The Kier molecular flexibility index (Phi) is 6.21. The quantitative estimate of drug-likeness (QED) is 0.659. The van der Waals surface area contributed by atoms with Crippen LogP contribution in [0.5, 0.6) is 0 Å². The van der Waals surface area contributed by atoms with Crippen molar-refractivity contribution in [3.8, 4) is 0 Å². The van der Waals surface area contributed by atoms with E-state index in [1.54, 1.807) is 7.11 Å². The SMILES string of the molecule is CO/C(=N/[S@](=O)C(C)(C)C)[C@H](c1ccccc1)C1(O)CCCCC1. The molecule has 0 saturated heterocycles. The van der Waals surface area contributed by atoms with Crippen LogP contribution in [-0.4, -0.2) is 32.7 Å². The van der Waals surface area contributed by atoms with Crippen LogP contribution in [-0.2, 0) is 15.7 Å². The van der Waals surface area contributed by atoms with Crippen LogP contribution in [0, 0.1) is 0 Å². The summed E-state index contributed by atoms with van der Waals surface area (Å²) in [4.78, 5) is 0. The van der Waals surface area contributed by atoms with E-state index in [9.17, 15) is 9.32 Å². The van der Waals surface area contributed by atoms with Gasteiger partial charge in [-0.3, -0.25) is 0 Å². The molecule has 1 N–H and O–H groups in total. The Hall–Kier alpha value is -1.20. The Morgan fingerprint density at radius 2 is 1.79 bits per heavy atom. The topological polar surface area (TPSA) is 58.9 Å². The first-order valence-electron chi connectivity index (χ1n) is 8.60. The first-order valence-corrected chi connectivity index (χ1v) is 9.70. The van der Waals surface area contributed by atoms with Crippen molar-refractivity contribution in [2.75, 3.05) is 7.11 Å². The van der Waals surface area contributed by atoms with Gasteiger partial charge in [0.1, 0.15) is 11.0 Å². The summed E-state index contributed by atoms with van der Waals surface area (Å²) >= 11 is 0. The lowest BCUT2D eigenvalue weighted by atomic mass is 9.72. The molecule has 0 unspecified atom stereocenters. The zero-order valence-corrected chi connectivity index (χ0v) is 15.9. The minimum absolute atomic E-state index is 0.360. The van der Waals surface area contributed by atoms with Gasteiger partial charge in [-0.15, -0.1) is 0 Å². The zero-order chi connectivity index (χ0) is 17.8. The van der Waals surface area contributed by atoms with Crippen LogP contribution in [0.15, 0.2) is 34.7 Å². The first-order chi connectivity index (χ1) is 11.3. The fourth-order valence-corrected chi connectivity index (χ4v) is 3.82. The van der Waals surface area contributed by atoms with Gasteiger partial charge in [-0.05, 0) is 39.2 Å². The maximum atomic E-state index is 12.5. The van der Waals surface area contributed by atoms with Gasteiger partial charge in [0.05, 0.1) is 23.4 Å². The largest absolute Gasteiger partial charge is 0.483 e. The second-order valence-corrected chi connectivity index (χ2v) is 9.41. The second-order valence-electron chi connectivity index (χ2n) is 7.50. The average molecular weight is 352 g/mol. The van der Waals surface area contributed by atoms with Crippen LogP contribution in [0.1, 0.15) is 64.4 Å². The van der Waals surface area contributed by atoms with E-state index >= 15 is 0 Å². The molecule has 0 bridgehead atoms. The third-order valence-electron chi connectivity index (χ3n) is 4.54. The molecule has 0 aromatic heterocycles. The third kappa shape index (κ3) is 4.45. The lowest BCUT2D eigenvalue weighted by Gasteiger charge is -2.39. The summed E-state index contributed by atoms with van der Waals surface area (Å²) in [5, 5.41) is 11.3. The normalized spacial score (nSPS) is 21.1. The summed E-state index contributed by atoms with van der Waals surface area (Å²) < 4.78 is 22.0. The predicted octanol–water partition coefficient (Wildman–Crippen LogP) is 3.97. The van der Waals surface area contributed by atoms with Crippen LogP contribution in [0.2, 0.25) is 0 Å². The van der Waals surface area contributed by atoms with E-state index in [1.807, 2.05) is 51.1 Å². The summed E-state index contributed by atoms with van der Waals surface area (Å²) in [6.07, 6.45) is 4.52. The predicted molar refractivity (Wildman–Crippen MR) is 99.6 cm³/mol. The molecule has 5 heteroatoms. The van der Waals surface area contributed by atoms with Crippen LogP contribution in [0.25, 0.3) is 0 Å². The van der Waals surface area contributed by atoms with Crippen molar-refractivity contribution in [2.45, 2.75) is 69.1 Å². The minimum Gasteiger partial charge on any atom is -0.483 e. The fourth-order valence-electron chi connectivity index (χ4n) is 3.21. The molecule has 1 aliphatic rings. The molecule has 134 valence electrons. The maximum absolute atomic E-state index is 12.5. The zero-order valence-electron chi connectivity index (χ0n) is 15.1. The van der Waals surface area contributed by atoms with E-state index in [-0.39, 0.29) is 0 Å². The fraction of sp³-hybridized carbons (Fsp3) is 0.632. The molecule has 1 aliphatic carbocycles. The third-order valence-corrected chi connectivity index (χ3v) is 5.94. The summed E-state index contributed by atoms with van der Waals surface area (Å²) in [6.45, 7) is 5.65. The molecule has 0 amide bonds. The number of hydrogen-bond donors (Lipinski definition) is 1. The Bertz CT molecular complexity index is 586. The standard InChI is InChI=1S/C19H29NO3S/c1-18(2,3)24(22)20-17(23-4)16(15-11-7-5-8-12-15)19(21)13-9-6-10-14-19/h5,7-8,11-12,16,21H,6,9-10,13-14H2,1-4H3/b20-17+/t16-,24+/m0/s1. The van der Waals surface area contributed by atoms with Crippen LogP contribution in [0.4, 0.5) is 0 Å². The average Bonchev–Trinajstić information content (AvgIpc) is 2.54. The van der Waals surface area contributed by atoms with Gasteiger partial charge in [0.15, 0.2) is 0 Å². The Balaban J connectivity index is 2.48. The molecule has 1 fully saturated rings. The molecule has 2 atom stereocenters. The second kappa shape index (κ2) is 7.79. The molecule has 24 heavy (non-hydrogen) atoms. The highest BCUT2D eigenvalue weighted by Crippen LogP contribution is 2.41. The first kappa shape index (κ1) is 19.1. The monoisotopic (exact) mass is 351 g/mol. The van der Waals surface area contributed by atoms with Gasteiger partial charge in [0, 0.05) is 0 Å². The lowest BCUT2D eigenvalue weighted by Crippen LogP contribution is -2.43. The molecular weight excluding hydrogens is 322 g/mol. The van der Waals surface area contributed by atoms with Crippen molar-refractivity contribution in [3.05, 3.63) is 35.9 Å². The number of hydrogen-bond acceptors (Lipinski definition) is 3. The molecule has 1 aromatic carbocycles. The maximum Gasteiger partial charge on any atom is 0.207 e. The Morgan fingerprint density at radius 1 is 1.21 bits per heavy atom. The van der Waals surface area contributed by atoms with Crippen LogP contribution < -0.4 is 0 Å². The number of ether oxygens (including phenoxy) is 1. The van der Waals surface area contributed by atoms with Crippen molar-refractivity contribution in [2.24, 2.45) is 4.40 Å². The number of benzene rings is 1. The lowest BCUT2D eigenvalue weighted by molar-refractivity contribution is -0.00860. The van der Waals surface area contributed by atoms with E-state index < -0.39 is 27.3 Å². The van der Waals surface area contributed by atoms with Crippen LogP contribution >= 0.6 is 0 Å². The number of rotatable bonds is 4. The summed E-state index contributed by atoms with van der Waals surface area (Å²) in [6, 6.07) is 9.80. The van der Waals surface area contributed by atoms with E-state index in [1.165, 1.54) is 0 Å². The van der Waals surface area contributed by atoms with Crippen molar-refractivity contribution < 1.29 is 14.1 Å². The number of nitrogens with zero attached hydrogens (tertiary/aromatic N) is 1. The minimum atomic E-state index is -1.43. The highest BCUT2D eigenvalue weighted by Gasteiger charge is 2.43. The molecular formula is C19H29NO3S. The highest BCUT2D eigenvalue weighted by molar-refractivity contribution is 7.85. The van der Waals surface area contributed by atoms with Gasteiger partial charge < -0.3 is 9.84 Å². The van der Waals surface area contributed by atoms with Crippen molar-refractivity contribution in [1.82, 2.24) is 0 Å². The number of methoxy groups -OCH3 is 1. The van der Waals surface area contributed by atoms with Crippen molar-refractivity contribution >= 4 is 16.9 Å². The van der Waals surface area contributed by atoms with Gasteiger partial charge in [0.2, 0.25) is 5.90 Å². The summed E-state index contributed by atoms with van der Waals surface area (Å²) in [5.74, 6) is -0.0332. The molecule has 1 aromatic rings. The highest BCUT2D eigenvalue weighted by atomic mass is 32.2. The van der Waals surface area contributed by atoms with E-state index in [0.717, 1.165) is 24.8 Å². The van der Waals surface area contributed by atoms with Crippen LogP contribution in [0.3, 0.4) is 0 Å². The van der Waals surface area contributed by atoms with Gasteiger partial charge in [-0.25, -0.2) is 4.21 Å². The summed E-state index contributed by atoms with van der Waals surface area (Å²) in [5.41, 5.74) is 0.0460. The molecule has 0 radical (unpaired) electrons. The molecule has 2 rings (SSSR count). The number of aliphatic hydroxyl groups is 1. The molecule has 0 aliphatic heterocycles. The van der Waals surface area contributed by atoms with E-state index in [4.69, 9.17) is 4.74 Å². The summed E-state index contributed by atoms with van der Waals surface area (Å²) in [7, 11) is 0.110. The Morgan fingerprint density at radius 3 is 2.29 bits per heavy atom. The Labute approximate surface area is 147 Å². The van der Waals surface area contributed by atoms with Gasteiger partial charge >= 0.3 is 0 Å². The molecule has 0 heterocycles. The molecule has 1 saturated carbocycles. The van der Waals surface area contributed by atoms with Gasteiger partial charge in [-0.2, -0.15) is 4.40 Å². The van der Waals surface area contributed by atoms with Gasteiger partial charge in [-0.1, -0.05) is 49.6 Å².